The summed E-state index contributed by atoms with van der Waals surface area (Å²) in [5.41, 5.74) is 4.36. The summed E-state index contributed by atoms with van der Waals surface area (Å²) in [6.07, 6.45) is 3.60. The number of aromatic nitrogens is 6. The van der Waals surface area contributed by atoms with Crippen molar-refractivity contribution < 1.29 is 19.1 Å². The van der Waals surface area contributed by atoms with Crippen LogP contribution in [0.5, 0.6) is 11.5 Å². The lowest BCUT2D eigenvalue weighted by atomic mass is 9.83. The van der Waals surface area contributed by atoms with Gasteiger partial charge in [-0.3, -0.25) is 9.59 Å². The van der Waals surface area contributed by atoms with Gasteiger partial charge in [0.05, 0.1) is 36.6 Å². The Morgan fingerprint density at radius 3 is 1.43 bits per heavy atom. The van der Waals surface area contributed by atoms with Crippen LogP contribution < -0.4 is 9.47 Å². The fourth-order valence-electron chi connectivity index (χ4n) is 5.23. The van der Waals surface area contributed by atoms with Crippen LogP contribution in [0, 0.1) is 0 Å². The van der Waals surface area contributed by atoms with Gasteiger partial charge in [0.1, 0.15) is 36.1 Å². The van der Waals surface area contributed by atoms with Crippen LogP contribution in [0.2, 0.25) is 0 Å². The first-order valence-electron chi connectivity index (χ1n) is 14.1. The topological polar surface area (TPSA) is 114 Å². The van der Waals surface area contributed by atoms with E-state index in [0.717, 1.165) is 11.1 Å². The average Bonchev–Trinajstić information content (AvgIpc) is 3.71. The molecular formula is C34H26N6O4. The molecular weight excluding hydrogens is 556 g/mol. The molecule has 4 aromatic carbocycles. The van der Waals surface area contributed by atoms with Crippen LogP contribution in [0.3, 0.4) is 0 Å². The van der Waals surface area contributed by atoms with Crippen molar-refractivity contribution >= 4 is 11.6 Å². The lowest BCUT2D eigenvalue weighted by Crippen LogP contribution is -2.23. The molecule has 2 heterocycles. The van der Waals surface area contributed by atoms with E-state index < -0.39 is 0 Å². The molecule has 0 unspecified atom stereocenters. The van der Waals surface area contributed by atoms with Crippen molar-refractivity contribution in [3.8, 4) is 11.5 Å². The number of carbonyl (C=O) groups is 2. The summed E-state index contributed by atoms with van der Waals surface area (Å²) >= 11 is 0. The number of hydrogen-bond acceptors (Lipinski definition) is 8. The average molecular weight is 583 g/mol. The highest BCUT2D eigenvalue weighted by atomic mass is 16.5. The molecule has 0 N–H and O–H groups in total. The number of fused-ring (bicyclic) bond motifs is 2. The van der Waals surface area contributed by atoms with E-state index in [2.05, 4.69) is 20.6 Å². The molecule has 216 valence electrons. The molecule has 0 spiro atoms. The van der Waals surface area contributed by atoms with E-state index in [0.29, 0.717) is 36.0 Å². The minimum Gasteiger partial charge on any atom is -0.486 e. The second kappa shape index (κ2) is 11.8. The molecule has 6 aromatic rings. The van der Waals surface area contributed by atoms with Gasteiger partial charge in [0.25, 0.3) is 0 Å². The van der Waals surface area contributed by atoms with Gasteiger partial charge in [0, 0.05) is 11.1 Å². The minimum atomic E-state index is -0.346. The zero-order chi connectivity index (χ0) is 29.9. The van der Waals surface area contributed by atoms with E-state index in [1.54, 1.807) is 58.2 Å². The maximum Gasteiger partial charge on any atom is 0.201 e. The van der Waals surface area contributed by atoms with Crippen molar-refractivity contribution in [2.24, 2.45) is 0 Å². The maximum atomic E-state index is 14.0. The molecule has 0 saturated carbocycles. The Balaban J connectivity index is 1.08. The van der Waals surface area contributed by atoms with Crippen LogP contribution in [0.1, 0.15) is 54.4 Å². The molecule has 10 heteroatoms. The van der Waals surface area contributed by atoms with E-state index in [-0.39, 0.29) is 47.0 Å². The fourth-order valence-corrected chi connectivity index (χ4v) is 5.23. The smallest absolute Gasteiger partial charge is 0.201 e. The monoisotopic (exact) mass is 582 g/mol. The lowest BCUT2D eigenvalue weighted by Gasteiger charge is -2.22. The summed E-state index contributed by atoms with van der Waals surface area (Å²) in [7, 11) is 0. The lowest BCUT2D eigenvalue weighted by molar-refractivity contribution is 0.0971. The summed E-state index contributed by atoms with van der Waals surface area (Å²) in [6, 6.07) is 29.9. The largest absolute Gasteiger partial charge is 0.486 e. The Labute approximate surface area is 252 Å². The third kappa shape index (κ3) is 5.48. The normalized spacial score (nSPS) is 12.1. The summed E-state index contributed by atoms with van der Waals surface area (Å²) in [5.74, 6) is -0.0279. The molecule has 0 fully saturated rings. The summed E-state index contributed by atoms with van der Waals surface area (Å²) in [4.78, 5) is 27.5. The van der Waals surface area contributed by atoms with Gasteiger partial charge in [-0.15, -0.1) is 10.2 Å². The number of ketones is 2. The Bertz CT molecular complexity index is 1830. The molecule has 2 aromatic heterocycles. The molecule has 7 rings (SSSR count). The predicted octanol–water partition coefficient (Wildman–Crippen LogP) is 4.90. The Kier molecular flexibility index (Phi) is 7.21. The predicted molar refractivity (Wildman–Crippen MR) is 160 cm³/mol. The van der Waals surface area contributed by atoms with Gasteiger partial charge in [0.2, 0.25) is 5.78 Å². The van der Waals surface area contributed by atoms with Crippen LogP contribution in [0.15, 0.2) is 109 Å². The SMILES string of the molecule is O=C1c2cccc(OCc3cn(Cc4ccccc4)nn3)c2C(=O)c2c(OCc3cn(Cc4ccccc4)nn3)cccc21. The van der Waals surface area contributed by atoms with Gasteiger partial charge in [0.15, 0.2) is 5.78 Å². The van der Waals surface area contributed by atoms with Gasteiger partial charge in [-0.05, 0) is 23.3 Å². The van der Waals surface area contributed by atoms with E-state index in [1.165, 1.54) is 0 Å². The minimum absolute atomic E-state index is 0.0797. The van der Waals surface area contributed by atoms with Crippen LogP contribution in [0.4, 0.5) is 0 Å². The fraction of sp³-hybridized carbons (Fsp3) is 0.118. The van der Waals surface area contributed by atoms with E-state index >= 15 is 0 Å². The van der Waals surface area contributed by atoms with Crippen molar-refractivity contribution in [2.45, 2.75) is 26.3 Å². The van der Waals surface area contributed by atoms with Crippen molar-refractivity contribution in [3.05, 3.63) is 154 Å². The molecule has 0 atom stereocenters. The molecule has 0 radical (unpaired) electrons. The number of benzene rings is 4. The van der Waals surface area contributed by atoms with Gasteiger partial charge >= 0.3 is 0 Å². The van der Waals surface area contributed by atoms with Crippen molar-refractivity contribution in [3.63, 3.8) is 0 Å². The molecule has 1 aliphatic carbocycles. The van der Waals surface area contributed by atoms with Crippen molar-refractivity contribution in [2.75, 3.05) is 0 Å². The van der Waals surface area contributed by atoms with Crippen LogP contribution in [0.25, 0.3) is 0 Å². The number of ether oxygens (including phenoxy) is 2. The quantitative estimate of drug-likeness (QED) is 0.224. The zero-order valence-electron chi connectivity index (χ0n) is 23.5. The highest BCUT2D eigenvalue weighted by Gasteiger charge is 2.35. The standard InChI is InChI=1S/C34H26N6O4/c41-33-27-13-7-15-29(43-21-25-19-39(37-35-25)17-23-9-3-1-4-10-23)31(27)34(42)32-28(33)14-8-16-30(32)44-22-26-20-40(38-36-26)18-24-11-5-2-6-12-24/h1-16,19-20H,17-18,21-22H2. The van der Waals surface area contributed by atoms with Gasteiger partial charge in [-0.25, -0.2) is 9.36 Å². The van der Waals surface area contributed by atoms with Crippen molar-refractivity contribution in [1.82, 2.24) is 30.0 Å². The summed E-state index contributed by atoms with van der Waals surface area (Å²) in [5, 5.41) is 16.8. The molecule has 0 aliphatic heterocycles. The maximum absolute atomic E-state index is 14.0. The highest BCUT2D eigenvalue weighted by molar-refractivity contribution is 6.30. The molecule has 0 bridgehead atoms. The summed E-state index contributed by atoms with van der Waals surface area (Å²) in [6.45, 7) is 1.31. The summed E-state index contributed by atoms with van der Waals surface area (Å²) < 4.78 is 15.6. The molecule has 1 aliphatic rings. The zero-order valence-corrected chi connectivity index (χ0v) is 23.5. The molecule has 0 amide bonds. The van der Waals surface area contributed by atoms with Crippen molar-refractivity contribution in [1.29, 1.82) is 0 Å². The molecule has 0 saturated heterocycles. The molecule has 10 nitrogen and oxygen atoms in total. The third-order valence-corrected chi connectivity index (χ3v) is 7.29. The Morgan fingerprint density at radius 1 is 0.523 bits per heavy atom. The number of carbonyl (C=O) groups excluding carboxylic acids is 2. The Hall–Kier alpha value is -5.90. The van der Waals surface area contributed by atoms with Crippen LogP contribution in [-0.4, -0.2) is 41.6 Å². The van der Waals surface area contributed by atoms with Crippen LogP contribution in [-0.2, 0) is 26.3 Å². The third-order valence-electron chi connectivity index (χ3n) is 7.29. The highest BCUT2D eigenvalue weighted by Crippen LogP contribution is 2.37. The first kappa shape index (κ1) is 27.0. The second-order valence-electron chi connectivity index (χ2n) is 10.4. The number of rotatable bonds is 10. The number of nitrogens with zero attached hydrogens (tertiary/aromatic N) is 6. The van der Waals surface area contributed by atoms with Gasteiger partial charge < -0.3 is 9.47 Å². The molecule has 44 heavy (non-hydrogen) atoms. The van der Waals surface area contributed by atoms with E-state index in [9.17, 15) is 9.59 Å². The van der Waals surface area contributed by atoms with E-state index in [1.807, 2.05) is 60.7 Å². The Morgan fingerprint density at radius 2 is 0.977 bits per heavy atom. The second-order valence-corrected chi connectivity index (χ2v) is 10.4. The van der Waals surface area contributed by atoms with Gasteiger partial charge in [-0.1, -0.05) is 95.4 Å². The van der Waals surface area contributed by atoms with Gasteiger partial charge in [-0.2, -0.15) is 0 Å². The number of hydrogen-bond donors (Lipinski definition) is 0. The first-order chi connectivity index (χ1) is 21.6. The van der Waals surface area contributed by atoms with Crippen LogP contribution >= 0.6 is 0 Å². The first-order valence-corrected chi connectivity index (χ1v) is 14.1. The van der Waals surface area contributed by atoms with E-state index in [4.69, 9.17) is 9.47 Å².